The van der Waals surface area contributed by atoms with Crippen LogP contribution in [0.15, 0.2) is 59.6 Å². The number of aliphatic imine (C=N–C) groups is 1. The molecule has 3 rings (SSSR count). The zero-order valence-corrected chi connectivity index (χ0v) is 21.8. The summed E-state index contributed by atoms with van der Waals surface area (Å²) < 4.78 is 11.2. The third kappa shape index (κ3) is 8.86. The predicted octanol–water partition coefficient (Wildman–Crippen LogP) is 3.81. The van der Waals surface area contributed by atoms with E-state index in [1.54, 1.807) is 7.11 Å². The van der Waals surface area contributed by atoms with Gasteiger partial charge in [0.15, 0.2) is 5.96 Å². The van der Waals surface area contributed by atoms with Crippen molar-refractivity contribution in [3.8, 4) is 11.5 Å². The number of likely N-dealkylation sites (tertiary alicyclic amines) is 1. The molecule has 0 radical (unpaired) electrons. The Kier molecular flexibility index (Phi) is 11.7. The van der Waals surface area contributed by atoms with E-state index in [-0.39, 0.29) is 30.1 Å². The molecule has 2 atom stereocenters. The van der Waals surface area contributed by atoms with Crippen LogP contribution in [0.4, 0.5) is 0 Å². The van der Waals surface area contributed by atoms with Crippen LogP contribution in [-0.2, 0) is 6.42 Å². The number of hydrogen-bond donors (Lipinski definition) is 2. The molecule has 1 aliphatic heterocycles. The minimum Gasteiger partial charge on any atom is -0.497 e. The maximum Gasteiger partial charge on any atom is 0.191 e. The van der Waals surface area contributed by atoms with E-state index in [1.807, 2.05) is 38.2 Å². The number of ether oxygens (including phenoxy) is 2. The fraction of sp³-hybridized carbons (Fsp3) is 0.480. The highest BCUT2D eigenvalue weighted by Gasteiger charge is 2.22. The molecule has 1 fully saturated rings. The molecule has 7 heteroatoms. The van der Waals surface area contributed by atoms with E-state index in [0.717, 1.165) is 43.5 Å². The van der Waals surface area contributed by atoms with E-state index in [1.165, 1.54) is 18.5 Å². The fourth-order valence-electron chi connectivity index (χ4n) is 3.86. The van der Waals surface area contributed by atoms with Crippen molar-refractivity contribution < 1.29 is 9.47 Å². The van der Waals surface area contributed by atoms with Gasteiger partial charge in [0.25, 0.3) is 0 Å². The molecule has 0 spiro atoms. The van der Waals surface area contributed by atoms with E-state index in [9.17, 15) is 0 Å². The number of benzene rings is 2. The average Bonchev–Trinajstić information content (AvgIpc) is 3.26. The molecular weight excluding hydrogens is 515 g/mol. The maximum absolute atomic E-state index is 5.98. The molecule has 1 saturated heterocycles. The molecule has 2 aromatic rings. The molecule has 2 unspecified atom stereocenters. The third-order valence-corrected chi connectivity index (χ3v) is 5.65. The van der Waals surface area contributed by atoms with Gasteiger partial charge in [0.1, 0.15) is 17.6 Å². The summed E-state index contributed by atoms with van der Waals surface area (Å²) in [5.74, 6) is 3.08. The number of hydrogen-bond acceptors (Lipinski definition) is 4. The van der Waals surface area contributed by atoms with Gasteiger partial charge >= 0.3 is 0 Å². The Morgan fingerprint density at radius 2 is 1.91 bits per heavy atom. The largest absolute Gasteiger partial charge is 0.497 e. The number of guanidine groups is 1. The first-order chi connectivity index (χ1) is 15.2. The van der Waals surface area contributed by atoms with Crippen LogP contribution in [0.5, 0.6) is 11.5 Å². The standard InChI is InChI=1S/C25H36N4O2.HI/c1-20(31-24-11-7-10-23(16-24)30-3)17-27-25(26-2)28-18-22-13-15-29(19-22)14-12-21-8-5-4-6-9-21;/h4-11,16,20,22H,12-15,17-19H2,1-3H3,(H2,26,27,28);1H. The summed E-state index contributed by atoms with van der Waals surface area (Å²) in [5.41, 5.74) is 1.42. The van der Waals surface area contributed by atoms with Crippen LogP contribution >= 0.6 is 24.0 Å². The third-order valence-electron chi connectivity index (χ3n) is 5.65. The summed E-state index contributed by atoms with van der Waals surface area (Å²) >= 11 is 0. The van der Waals surface area contributed by atoms with Gasteiger partial charge in [0.2, 0.25) is 0 Å². The predicted molar refractivity (Wildman–Crippen MR) is 143 cm³/mol. The molecule has 1 aliphatic rings. The van der Waals surface area contributed by atoms with Gasteiger partial charge in [-0.2, -0.15) is 0 Å². The quantitative estimate of drug-likeness (QED) is 0.267. The molecule has 0 aromatic heterocycles. The van der Waals surface area contributed by atoms with Crippen molar-refractivity contribution in [2.75, 3.05) is 46.9 Å². The van der Waals surface area contributed by atoms with Crippen LogP contribution < -0.4 is 20.1 Å². The molecule has 1 heterocycles. The highest BCUT2D eigenvalue weighted by atomic mass is 127. The lowest BCUT2D eigenvalue weighted by Crippen LogP contribution is -2.43. The Morgan fingerprint density at radius 1 is 1.12 bits per heavy atom. The summed E-state index contributed by atoms with van der Waals surface area (Å²) in [5, 5.41) is 6.85. The van der Waals surface area contributed by atoms with E-state index in [0.29, 0.717) is 12.5 Å². The van der Waals surface area contributed by atoms with Gasteiger partial charge < -0.3 is 25.0 Å². The first-order valence-corrected chi connectivity index (χ1v) is 11.2. The lowest BCUT2D eigenvalue weighted by molar-refractivity contribution is 0.223. The van der Waals surface area contributed by atoms with Crippen molar-refractivity contribution in [2.24, 2.45) is 10.9 Å². The topological polar surface area (TPSA) is 58.1 Å². The number of nitrogens with zero attached hydrogens (tertiary/aromatic N) is 2. The number of halogens is 1. The molecule has 6 nitrogen and oxygen atoms in total. The van der Waals surface area contributed by atoms with Crippen molar-refractivity contribution >= 4 is 29.9 Å². The molecule has 2 aromatic carbocycles. The molecule has 0 aliphatic carbocycles. The normalized spacial score (nSPS) is 17.3. The van der Waals surface area contributed by atoms with Crippen LogP contribution in [0.1, 0.15) is 18.9 Å². The molecule has 0 saturated carbocycles. The van der Waals surface area contributed by atoms with Gasteiger partial charge in [0.05, 0.1) is 13.7 Å². The highest BCUT2D eigenvalue weighted by Crippen LogP contribution is 2.20. The number of rotatable bonds is 10. The first kappa shape index (κ1) is 26.3. The van der Waals surface area contributed by atoms with Gasteiger partial charge in [0, 0.05) is 32.7 Å². The van der Waals surface area contributed by atoms with Gasteiger partial charge in [-0.1, -0.05) is 36.4 Å². The number of nitrogens with one attached hydrogen (secondary N) is 2. The lowest BCUT2D eigenvalue weighted by Gasteiger charge is -2.20. The Labute approximate surface area is 209 Å². The van der Waals surface area contributed by atoms with Crippen LogP contribution in [0.3, 0.4) is 0 Å². The van der Waals surface area contributed by atoms with Crippen LogP contribution in [0, 0.1) is 5.92 Å². The molecule has 0 bridgehead atoms. The summed E-state index contributed by atoms with van der Waals surface area (Å²) in [7, 11) is 3.47. The van der Waals surface area contributed by atoms with Gasteiger partial charge in [-0.15, -0.1) is 24.0 Å². The van der Waals surface area contributed by atoms with Crippen molar-refractivity contribution in [2.45, 2.75) is 25.9 Å². The maximum atomic E-state index is 5.98. The molecule has 2 N–H and O–H groups in total. The smallest absolute Gasteiger partial charge is 0.191 e. The Morgan fingerprint density at radius 3 is 2.66 bits per heavy atom. The second-order valence-electron chi connectivity index (χ2n) is 8.13. The summed E-state index contributed by atoms with van der Waals surface area (Å²) in [6.45, 7) is 7.11. The Bertz CT molecular complexity index is 819. The highest BCUT2D eigenvalue weighted by molar-refractivity contribution is 14.0. The van der Waals surface area contributed by atoms with Crippen molar-refractivity contribution in [1.82, 2.24) is 15.5 Å². The molecule has 0 amide bonds. The van der Waals surface area contributed by atoms with E-state index in [2.05, 4.69) is 50.9 Å². The van der Waals surface area contributed by atoms with E-state index in [4.69, 9.17) is 9.47 Å². The van der Waals surface area contributed by atoms with E-state index >= 15 is 0 Å². The number of methoxy groups -OCH3 is 1. The molecule has 176 valence electrons. The van der Waals surface area contributed by atoms with E-state index < -0.39 is 0 Å². The summed E-state index contributed by atoms with van der Waals surface area (Å²) in [6, 6.07) is 18.4. The second-order valence-corrected chi connectivity index (χ2v) is 8.13. The Balaban J connectivity index is 0.00000363. The first-order valence-electron chi connectivity index (χ1n) is 11.2. The van der Waals surface area contributed by atoms with Crippen LogP contribution in [0.25, 0.3) is 0 Å². The average molecular weight is 553 g/mol. The van der Waals surface area contributed by atoms with Gasteiger partial charge in [-0.3, -0.25) is 4.99 Å². The lowest BCUT2D eigenvalue weighted by atomic mass is 10.1. The monoisotopic (exact) mass is 552 g/mol. The van der Waals surface area contributed by atoms with Crippen LogP contribution in [-0.4, -0.2) is 63.8 Å². The molecular formula is C25H37IN4O2. The summed E-state index contributed by atoms with van der Waals surface area (Å²) in [6.07, 6.45) is 2.36. The van der Waals surface area contributed by atoms with Crippen molar-refractivity contribution in [1.29, 1.82) is 0 Å². The van der Waals surface area contributed by atoms with Crippen molar-refractivity contribution in [3.63, 3.8) is 0 Å². The zero-order chi connectivity index (χ0) is 21.9. The van der Waals surface area contributed by atoms with Gasteiger partial charge in [-0.25, -0.2) is 0 Å². The minimum atomic E-state index is 0. The minimum absolute atomic E-state index is 0. The second kappa shape index (κ2) is 14.2. The summed E-state index contributed by atoms with van der Waals surface area (Å²) in [4.78, 5) is 6.92. The van der Waals surface area contributed by atoms with Crippen molar-refractivity contribution in [3.05, 3.63) is 60.2 Å². The SMILES string of the molecule is CN=C(NCC1CCN(CCc2ccccc2)C1)NCC(C)Oc1cccc(OC)c1.I. The molecule has 32 heavy (non-hydrogen) atoms. The fourth-order valence-corrected chi connectivity index (χ4v) is 3.86. The van der Waals surface area contributed by atoms with Gasteiger partial charge in [-0.05, 0) is 49.9 Å². The van der Waals surface area contributed by atoms with Crippen LogP contribution in [0.2, 0.25) is 0 Å². The zero-order valence-electron chi connectivity index (χ0n) is 19.4. The Hall–Kier alpha value is -2.00.